The average Bonchev–Trinajstić information content (AvgIpc) is 2.52. The molecule has 1 spiro atoms. The minimum atomic E-state index is 0.517. The molecule has 1 nitrogen and oxygen atoms in total. The van der Waals surface area contributed by atoms with Crippen LogP contribution >= 0.6 is 0 Å². The summed E-state index contributed by atoms with van der Waals surface area (Å²) in [5.41, 5.74) is 1.33. The van der Waals surface area contributed by atoms with Gasteiger partial charge in [-0.05, 0) is 54.8 Å². The minimum absolute atomic E-state index is 0.517. The highest BCUT2D eigenvalue weighted by molar-refractivity contribution is 5.14. The van der Waals surface area contributed by atoms with Crippen LogP contribution in [0.4, 0.5) is 0 Å². The Morgan fingerprint density at radius 3 is 2.85 bits per heavy atom. The Labute approximate surface area is 80.8 Å². The van der Waals surface area contributed by atoms with Crippen LogP contribution in [-0.2, 0) is 4.74 Å². The van der Waals surface area contributed by atoms with E-state index in [4.69, 9.17) is 4.74 Å². The van der Waals surface area contributed by atoms with Crippen molar-refractivity contribution < 1.29 is 4.74 Å². The number of methoxy groups -OCH3 is 1. The van der Waals surface area contributed by atoms with Gasteiger partial charge in [0.2, 0.25) is 0 Å². The molecule has 0 radical (unpaired) electrons. The van der Waals surface area contributed by atoms with E-state index in [0.29, 0.717) is 5.41 Å². The van der Waals surface area contributed by atoms with Crippen LogP contribution in [-0.4, -0.2) is 13.7 Å². The topological polar surface area (TPSA) is 9.23 Å². The van der Waals surface area contributed by atoms with Gasteiger partial charge in [-0.25, -0.2) is 0 Å². The van der Waals surface area contributed by atoms with Gasteiger partial charge >= 0.3 is 0 Å². The summed E-state index contributed by atoms with van der Waals surface area (Å²) in [7, 11) is 1.85. The summed E-state index contributed by atoms with van der Waals surface area (Å²) >= 11 is 0. The minimum Gasteiger partial charge on any atom is -0.384 e. The van der Waals surface area contributed by atoms with Crippen molar-refractivity contribution in [3.8, 4) is 0 Å². The second-order valence-electron chi connectivity index (χ2n) is 6.19. The Morgan fingerprint density at radius 1 is 1.31 bits per heavy atom. The molecule has 3 rings (SSSR count). The molecule has 3 aliphatic rings. The lowest BCUT2D eigenvalue weighted by Crippen LogP contribution is -2.33. The van der Waals surface area contributed by atoms with Crippen molar-refractivity contribution in [3.63, 3.8) is 0 Å². The van der Waals surface area contributed by atoms with Gasteiger partial charge < -0.3 is 4.74 Å². The normalized spacial score (nSPS) is 57.7. The molecule has 13 heavy (non-hydrogen) atoms. The zero-order valence-corrected chi connectivity index (χ0v) is 8.81. The van der Waals surface area contributed by atoms with E-state index < -0.39 is 0 Å². The van der Waals surface area contributed by atoms with Crippen LogP contribution in [0.25, 0.3) is 0 Å². The average molecular weight is 180 g/mol. The lowest BCUT2D eigenvalue weighted by atomic mass is 9.68. The van der Waals surface area contributed by atoms with E-state index in [1.165, 1.54) is 12.8 Å². The summed E-state index contributed by atoms with van der Waals surface area (Å²) in [6, 6.07) is 0. The molecule has 4 unspecified atom stereocenters. The van der Waals surface area contributed by atoms with Gasteiger partial charge in [0.15, 0.2) is 0 Å². The Kier molecular flexibility index (Phi) is 1.47. The zero-order chi connectivity index (χ0) is 9.10. The molecule has 1 heteroatoms. The maximum Gasteiger partial charge on any atom is 0.0516 e. The Hall–Kier alpha value is -0.0400. The number of hydrogen-bond donors (Lipinski definition) is 0. The second-order valence-corrected chi connectivity index (χ2v) is 6.19. The van der Waals surface area contributed by atoms with Gasteiger partial charge in [-0.1, -0.05) is 6.92 Å². The zero-order valence-electron chi connectivity index (χ0n) is 8.81. The molecule has 0 aromatic carbocycles. The third-order valence-corrected chi connectivity index (χ3v) is 4.72. The first-order chi connectivity index (χ1) is 6.16. The van der Waals surface area contributed by atoms with Gasteiger partial charge in [-0.2, -0.15) is 0 Å². The van der Waals surface area contributed by atoms with Crippen LogP contribution in [0.1, 0.15) is 39.0 Å². The highest BCUT2D eigenvalue weighted by Crippen LogP contribution is 2.73. The largest absolute Gasteiger partial charge is 0.384 e. The molecule has 3 aliphatic carbocycles. The molecular formula is C12H20O. The number of rotatable bonds is 2. The van der Waals surface area contributed by atoms with E-state index in [1.807, 2.05) is 7.11 Å². The third kappa shape index (κ3) is 1.09. The smallest absolute Gasteiger partial charge is 0.0516 e. The molecule has 74 valence electrons. The molecule has 4 atom stereocenters. The summed E-state index contributed by atoms with van der Waals surface area (Å²) in [6.07, 6.45) is 7.52. The lowest BCUT2D eigenvalue weighted by molar-refractivity contribution is 0.0265. The van der Waals surface area contributed by atoms with Gasteiger partial charge in [0.1, 0.15) is 0 Å². The van der Waals surface area contributed by atoms with Crippen LogP contribution in [0, 0.1) is 22.7 Å². The molecule has 3 saturated carbocycles. The molecule has 2 bridgehead atoms. The maximum absolute atomic E-state index is 5.37. The van der Waals surface area contributed by atoms with Crippen LogP contribution in [0.5, 0.6) is 0 Å². The summed E-state index contributed by atoms with van der Waals surface area (Å²) in [5.74, 6) is 2.17. The van der Waals surface area contributed by atoms with E-state index in [-0.39, 0.29) is 0 Å². The van der Waals surface area contributed by atoms with Crippen LogP contribution in [0.15, 0.2) is 0 Å². The van der Waals surface area contributed by atoms with E-state index in [9.17, 15) is 0 Å². The fraction of sp³-hybridized carbons (Fsp3) is 1.00. The van der Waals surface area contributed by atoms with Gasteiger partial charge in [-0.3, -0.25) is 0 Å². The summed E-state index contributed by atoms with van der Waals surface area (Å²) in [4.78, 5) is 0. The van der Waals surface area contributed by atoms with Crippen LogP contribution < -0.4 is 0 Å². The van der Waals surface area contributed by atoms with Crippen molar-refractivity contribution in [1.82, 2.24) is 0 Å². The highest BCUT2D eigenvalue weighted by Gasteiger charge is 2.64. The molecule has 0 aliphatic heterocycles. The first kappa shape index (κ1) is 8.28. The highest BCUT2D eigenvalue weighted by atomic mass is 16.5. The van der Waals surface area contributed by atoms with Crippen molar-refractivity contribution in [3.05, 3.63) is 0 Å². The number of hydrogen-bond acceptors (Lipinski definition) is 1. The predicted octanol–water partition coefficient (Wildman–Crippen LogP) is 2.85. The quantitative estimate of drug-likeness (QED) is 0.635. The van der Waals surface area contributed by atoms with Crippen molar-refractivity contribution in [2.24, 2.45) is 22.7 Å². The van der Waals surface area contributed by atoms with Crippen LogP contribution in [0.3, 0.4) is 0 Å². The fourth-order valence-corrected chi connectivity index (χ4v) is 4.60. The molecule has 0 amide bonds. The Balaban J connectivity index is 1.80. The fourth-order valence-electron chi connectivity index (χ4n) is 4.60. The predicted molar refractivity (Wildman–Crippen MR) is 52.5 cm³/mol. The molecular weight excluding hydrogens is 160 g/mol. The first-order valence-corrected chi connectivity index (χ1v) is 5.65. The second kappa shape index (κ2) is 2.31. The Bertz CT molecular complexity index is 237. The molecule has 0 heterocycles. The molecule has 0 aromatic rings. The number of ether oxygens (including phenoxy) is 1. The van der Waals surface area contributed by atoms with Crippen LogP contribution in [0.2, 0.25) is 0 Å². The van der Waals surface area contributed by atoms with Crippen molar-refractivity contribution in [2.75, 3.05) is 13.7 Å². The monoisotopic (exact) mass is 180 g/mol. The van der Waals surface area contributed by atoms with E-state index in [1.54, 1.807) is 19.3 Å². The third-order valence-electron chi connectivity index (χ3n) is 4.72. The maximum atomic E-state index is 5.37. The summed E-state index contributed by atoms with van der Waals surface area (Å²) < 4.78 is 5.37. The summed E-state index contributed by atoms with van der Waals surface area (Å²) in [5, 5.41) is 0. The van der Waals surface area contributed by atoms with E-state index in [2.05, 4.69) is 6.92 Å². The van der Waals surface area contributed by atoms with Gasteiger partial charge in [0.05, 0.1) is 6.61 Å². The van der Waals surface area contributed by atoms with Gasteiger partial charge in [0.25, 0.3) is 0 Å². The number of fused-ring (bicyclic) bond motifs is 1. The first-order valence-electron chi connectivity index (χ1n) is 5.65. The lowest BCUT2D eigenvalue weighted by Gasteiger charge is -2.39. The molecule has 0 saturated heterocycles. The van der Waals surface area contributed by atoms with Gasteiger partial charge in [-0.15, -0.1) is 0 Å². The Morgan fingerprint density at radius 2 is 2.15 bits per heavy atom. The van der Waals surface area contributed by atoms with Crippen molar-refractivity contribution >= 4 is 0 Å². The SMILES string of the molecule is COCC1(C)CC2CC3CC3(C2)C1. The van der Waals surface area contributed by atoms with Crippen molar-refractivity contribution in [1.29, 1.82) is 0 Å². The molecule has 3 fully saturated rings. The molecule has 0 aromatic heterocycles. The van der Waals surface area contributed by atoms with E-state index >= 15 is 0 Å². The van der Waals surface area contributed by atoms with E-state index in [0.717, 1.165) is 23.9 Å². The standard InChI is InChI=1S/C12H20O/c1-11(8-13-2)4-9-3-10-6-12(10,5-9)7-11/h9-10H,3-8H2,1-2H3. The van der Waals surface area contributed by atoms with Gasteiger partial charge in [0, 0.05) is 7.11 Å². The summed E-state index contributed by atoms with van der Waals surface area (Å²) in [6.45, 7) is 3.42. The van der Waals surface area contributed by atoms with Crippen molar-refractivity contribution in [2.45, 2.75) is 39.0 Å². The molecule has 0 N–H and O–H groups in total.